The molecule has 0 aliphatic carbocycles. The van der Waals surface area contributed by atoms with E-state index in [2.05, 4.69) is 15.6 Å². The van der Waals surface area contributed by atoms with Gasteiger partial charge in [0.05, 0.1) is 25.0 Å². The van der Waals surface area contributed by atoms with Crippen LogP contribution in [0.15, 0.2) is 60.8 Å². The first-order valence-corrected chi connectivity index (χ1v) is 15.1. The Kier molecular flexibility index (Phi) is 10.4. The number of allylic oxidation sites excluding steroid dienone is 1. The van der Waals surface area contributed by atoms with Crippen LogP contribution < -0.4 is 15.0 Å². The van der Waals surface area contributed by atoms with E-state index in [1.165, 1.54) is 12.0 Å². The second-order valence-corrected chi connectivity index (χ2v) is 11.6. The molecule has 0 unspecified atom stereocenters. The standard InChI is InChI=1S/C32H39N5O10/c1-18(6-3-4-12-36-17-21(11-13-38)34-35-36)32(45)23-15-22(46-2)9-10-24(23)37(31(32)44)16-19-7-5-8-20(14-19)33-29(42)28-26(40)25(39)27(41)30(43)47-28/h3,5-10,14-15,17-18,25-28,30,38-41,43,45H,4,11-13,16H2,1-2H3,(H,33,42)/b6-3+/t18-,25-,26-,27+,28-,30+,32+/m0/s1. The molecule has 15 heteroatoms. The van der Waals surface area contributed by atoms with Crippen molar-refractivity contribution in [2.24, 2.45) is 5.92 Å². The Hall–Kier alpha value is -4.22. The topological polar surface area (TPSA) is 220 Å². The van der Waals surface area contributed by atoms with Gasteiger partial charge >= 0.3 is 0 Å². The highest BCUT2D eigenvalue weighted by Gasteiger charge is 2.53. The van der Waals surface area contributed by atoms with E-state index in [9.17, 15) is 35.1 Å². The quantitative estimate of drug-likeness (QED) is 0.124. The highest BCUT2D eigenvalue weighted by Crippen LogP contribution is 2.47. The van der Waals surface area contributed by atoms with Gasteiger partial charge in [0.1, 0.15) is 24.1 Å². The molecule has 1 saturated heterocycles. The number of hydrogen-bond acceptors (Lipinski definition) is 12. The minimum Gasteiger partial charge on any atom is -0.497 e. The van der Waals surface area contributed by atoms with Gasteiger partial charge in [-0.2, -0.15) is 0 Å². The summed E-state index contributed by atoms with van der Waals surface area (Å²) >= 11 is 0. The Labute approximate surface area is 270 Å². The maximum absolute atomic E-state index is 14.0. The van der Waals surface area contributed by atoms with Crippen LogP contribution in [0.25, 0.3) is 0 Å². The number of aliphatic hydroxyl groups excluding tert-OH is 5. The van der Waals surface area contributed by atoms with Gasteiger partial charge in [0.25, 0.3) is 11.8 Å². The van der Waals surface area contributed by atoms with E-state index in [1.807, 2.05) is 6.08 Å². The van der Waals surface area contributed by atoms with Crippen LogP contribution in [0, 0.1) is 5.92 Å². The number of carbonyl (C=O) groups excluding carboxylic acids is 2. The van der Waals surface area contributed by atoms with Crippen LogP contribution in [0.5, 0.6) is 5.75 Å². The molecule has 0 saturated carbocycles. The number of aryl methyl sites for hydroxylation is 1. The summed E-state index contributed by atoms with van der Waals surface area (Å²) in [5.74, 6) is -1.57. The summed E-state index contributed by atoms with van der Waals surface area (Å²) in [4.78, 5) is 28.3. The number of benzene rings is 2. The SMILES string of the molecule is COc1ccc2c(c1)[C@](O)([C@@H](C)/C=C/CCn1cc(CCO)nn1)C(=O)N2Cc1cccc(NC(=O)[C@H]2O[C@@H](O)[C@H](O)[C@@H](O)[C@@H]2O)c1. The van der Waals surface area contributed by atoms with Gasteiger partial charge < -0.3 is 50.3 Å². The van der Waals surface area contributed by atoms with Gasteiger partial charge in [0, 0.05) is 42.9 Å². The number of fused-ring (bicyclic) bond motifs is 1. The number of nitrogens with one attached hydrogen (secondary N) is 1. The van der Waals surface area contributed by atoms with E-state index in [0.29, 0.717) is 47.6 Å². The fraction of sp³-hybridized carbons (Fsp3) is 0.438. The number of nitrogens with zero attached hydrogens (tertiary/aromatic N) is 4. The predicted octanol–water partition coefficient (Wildman–Crippen LogP) is -0.423. The van der Waals surface area contributed by atoms with Crippen molar-refractivity contribution in [3.05, 3.63) is 77.6 Å². The van der Waals surface area contributed by atoms with Gasteiger partial charge in [0.15, 0.2) is 18.0 Å². The van der Waals surface area contributed by atoms with Crippen LogP contribution >= 0.6 is 0 Å². The number of aliphatic hydroxyl groups is 6. The maximum Gasteiger partial charge on any atom is 0.264 e. The fourth-order valence-corrected chi connectivity index (χ4v) is 5.75. The molecule has 5 rings (SSSR count). The van der Waals surface area contributed by atoms with E-state index in [0.717, 1.165) is 0 Å². The largest absolute Gasteiger partial charge is 0.497 e. The predicted molar refractivity (Wildman–Crippen MR) is 166 cm³/mol. The number of anilines is 2. The number of methoxy groups -OCH3 is 1. The molecule has 15 nitrogen and oxygen atoms in total. The Balaban J connectivity index is 1.31. The van der Waals surface area contributed by atoms with Gasteiger partial charge in [0.2, 0.25) is 0 Å². The Bertz CT molecular complexity index is 1610. The molecule has 2 aliphatic heterocycles. The summed E-state index contributed by atoms with van der Waals surface area (Å²) in [6, 6.07) is 11.6. The molecule has 1 fully saturated rings. The Morgan fingerprint density at radius 2 is 1.94 bits per heavy atom. The van der Waals surface area contributed by atoms with Gasteiger partial charge in [-0.05, 0) is 42.3 Å². The third-order valence-electron chi connectivity index (χ3n) is 8.42. The molecule has 3 aromatic rings. The number of carbonyl (C=O) groups is 2. The van der Waals surface area contributed by atoms with Crippen molar-refractivity contribution in [3.63, 3.8) is 0 Å². The molecule has 3 heterocycles. The van der Waals surface area contributed by atoms with Crippen molar-refractivity contribution >= 4 is 23.2 Å². The molecule has 252 valence electrons. The second kappa shape index (κ2) is 14.3. The molecule has 0 bridgehead atoms. The normalized spacial score (nSPS) is 26.4. The van der Waals surface area contributed by atoms with Crippen LogP contribution in [-0.2, 0) is 39.4 Å². The molecular weight excluding hydrogens is 614 g/mol. The van der Waals surface area contributed by atoms with Gasteiger partial charge in [-0.15, -0.1) is 5.10 Å². The summed E-state index contributed by atoms with van der Waals surface area (Å²) in [5, 5.41) is 71.4. The first-order chi connectivity index (χ1) is 22.5. The third-order valence-corrected chi connectivity index (χ3v) is 8.42. The first-order valence-electron chi connectivity index (χ1n) is 15.1. The zero-order chi connectivity index (χ0) is 33.9. The lowest BCUT2D eigenvalue weighted by Gasteiger charge is -2.37. The molecule has 2 aliphatic rings. The summed E-state index contributed by atoms with van der Waals surface area (Å²) in [5.41, 5.74) is 0.533. The van der Waals surface area contributed by atoms with Crippen molar-refractivity contribution < 1.29 is 49.7 Å². The maximum atomic E-state index is 14.0. The van der Waals surface area contributed by atoms with Gasteiger partial charge in [-0.3, -0.25) is 14.3 Å². The number of aromatic nitrogens is 3. The van der Waals surface area contributed by atoms with Crippen molar-refractivity contribution in [3.8, 4) is 5.75 Å². The van der Waals surface area contributed by atoms with E-state index in [-0.39, 0.29) is 18.8 Å². The van der Waals surface area contributed by atoms with E-state index >= 15 is 0 Å². The molecule has 0 spiro atoms. The summed E-state index contributed by atoms with van der Waals surface area (Å²) in [7, 11) is 1.50. The average Bonchev–Trinajstić information content (AvgIpc) is 3.60. The third kappa shape index (κ3) is 6.92. The first kappa shape index (κ1) is 34.1. The number of hydrogen-bond donors (Lipinski definition) is 7. The highest BCUT2D eigenvalue weighted by molar-refractivity contribution is 6.07. The van der Waals surface area contributed by atoms with Crippen molar-refractivity contribution in [2.75, 3.05) is 23.9 Å². The zero-order valence-electron chi connectivity index (χ0n) is 25.9. The van der Waals surface area contributed by atoms with Crippen molar-refractivity contribution in [1.82, 2.24) is 15.0 Å². The molecule has 7 atom stereocenters. The summed E-state index contributed by atoms with van der Waals surface area (Å²) in [6.07, 6.45) is -2.50. The molecule has 0 radical (unpaired) electrons. The fourth-order valence-electron chi connectivity index (χ4n) is 5.75. The molecule has 2 amide bonds. The minimum atomic E-state index is -1.91. The van der Waals surface area contributed by atoms with E-state index in [4.69, 9.17) is 14.6 Å². The zero-order valence-corrected chi connectivity index (χ0v) is 25.9. The summed E-state index contributed by atoms with van der Waals surface area (Å²) in [6.45, 7) is 2.29. The smallest absolute Gasteiger partial charge is 0.264 e. The van der Waals surface area contributed by atoms with Gasteiger partial charge in [-0.25, -0.2) is 0 Å². The van der Waals surface area contributed by atoms with E-state index < -0.39 is 54.0 Å². The number of ether oxygens (including phenoxy) is 2. The van der Waals surface area contributed by atoms with Crippen LogP contribution in [0.3, 0.4) is 0 Å². The average molecular weight is 654 g/mol. The lowest BCUT2D eigenvalue weighted by atomic mass is 9.83. The van der Waals surface area contributed by atoms with Crippen LogP contribution in [0.1, 0.15) is 30.2 Å². The Morgan fingerprint density at radius 3 is 2.68 bits per heavy atom. The van der Waals surface area contributed by atoms with Crippen LogP contribution in [0.2, 0.25) is 0 Å². The molecular formula is C32H39N5O10. The van der Waals surface area contributed by atoms with Crippen molar-refractivity contribution in [2.45, 2.75) is 69.2 Å². The lowest BCUT2D eigenvalue weighted by molar-refractivity contribution is -0.274. The molecule has 1 aromatic heterocycles. The molecule has 7 N–H and O–H groups in total. The number of amides is 2. The molecule has 47 heavy (non-hydrogen) atoms. The monoisotopic (exact) mass is 653 g/mol. The van der Waals surface area contributed by atoms with E-state index in [1.54, 1.807) is 66.3 Å². The van der Waals surface area contributed by atoms with Crippen molar-refractivity contribution in [1.29, 1.82) is 0 Å². The number of rotatable bonds is 12. The van der Waals surface area contributed by atoms with Crippen LogP contribution in [0.4, 0.5) is 11.4 Å². The minimum absolute atomic E-state index is 0.0150. The molecule has 2 aromatic carbocycles. The Morgan fingerprint density at radius 1 is 1.15 bits per heavy atom. The van der Waals surface area contributed by atoms with Crippen LogP contribution in [-0.4, -0.2) is 102 Å². The lowest BCUT2D eigenvalue weighted by Crippen LogP contribution is -2.60. The van der Waals surface area contributed by atoms with Gasteiger partial charge in [-0.1, -0.05) is 36.4 Å². The summed E-state index contributed by atoms with van der Waals surface area (Å²) < 4.78 is 12.1. The highest BCUT2D eigenvalue weighted by atomic mass is 16.6. The second-order valence-electron chi connectivity index (χ2n) is 11.6.